The minimum Gasteiger partial charge on any atom is -0.495 e. The number of piperazine rings is 1. The Labute approximate surface area is 149 Å². The van der Waals surface area contributed by atoms with E-state index in [1.807, 2.05) is 24.4 Å². The van der Waals surface area contributed by atoms with Gasteiger partial charge in [0.25, 0.3) is 0 Å². The second kappa shape index (κ2) is 8.55. The maximum atomic E-state index is 5.49. The zero-order valence-electron chi connectivity index (χ0n) is 15.1. The number of hydrogen-bond donors (Lipinski definition) is 1. The summed E-state index contributed by atoms with van der Waals surface area (Å²) >= 11 is 0. The first-order valence-electron chi connectivity index (χ1n) is 9.01. The molecule has 1 aliphatic rings. The summed E-state index contributed by atoms with van der Waals surface area (Å²) in [7, 11) is 1.73. The summed E-state index contributed by atoms with van der Waals surface area (Å²) in [6.45, 7) is 6.86. The molecule has 25 heavy (non-hydrogen) atoms. The van der Waals surface area contributed by atoms with Gasteiger partial charge in [0.15, 0.2) is 0 Å². The second-order valence-electron chi connectivity index (χ2n) is 6.16. The molecule has 1 N–H and O–H groups in total. The lowest BCUT2D eigenvalue weighted by Crippen LogP contribution is -2.47. The van der Waals surface area contributed by atoms with Crippen molar-refractivity contribution in [2.24, 2.45) is 0 Å². The summed E-state index contributed by atoms with van der Waals surface area (Å²) < 4.78 is 5.49. The van der Waals surface area contributed by atoms with Crippen LogP contribution in [0.2, 0.25) is 0 Å². The number of anilines is 3. The molecular weight excluding hydrogens is 314 g/mol. The third-order valence-corrected chi connectivity index (χ3v) is 4.48. The van der Waals surface area contributed by atoms with Gasteiger partial charge in [0.05, 0.1) is 12.8 Å². The SMILES string of the molecule is CCCCNc1nccc(N2CCN(c3ccccc3OC)CC2)n1. The van der Waals surface area contributed by atoms with Gasteiger partial charge in [-0.1, -0.05) is 25.5 Å². The smallest absolute Gasteiger partial charge is 0.224 e. The van der Waals surface area contributed by atoms with E-state index >= 15 is 0 Å². The van der Waals surface area contributed by atoms with Crippen molar-refractivity contribution in [3.05, 3.63) is 36.5 Å². The maximum absolute atomic E-state index is 5.49. The average molecular weight is 341 g/mol. The molecule has 0 aliphatic carbocycles. The van der Waals surface area contributed by atoms with Crippen LogP contribution in [-0.4, -0.2) is 49.8 Å². The Bertz CT molecular complexity index is 670. The highest BCUT2D eigenvalue weighted by Crippen LogP contribution is 2.29. The molecule has 6 heteroatoms. The molecule has 1 aromatic heterocycles. The summed E-state index contributed by atoms with van der Waals surface area (Å²) in [4.78, 5) is 13.7. The molecule has 2 heterocycles. The molecule has 0 unspecified atom stereocenters. The molecule has 1 aliphatic heterocycles. The Morgan fingerprint density at radius 3 is 2.60 bits per heavy atom. The van der Waals surface area contributed by atoms with E-state index in [-0.39, 0.29) is 0 Å². The van der Waals surface area contributed by atoms with Crippen LogP contribution in [0.15, 0.2) is 36.5 Å². The van der Waals surface area contributed by atoms with Crippen molar-refractivity contribution in [2.45, 2.75) is 19.8 Å². The lowest BCUT2D eigenvalue weighted by Gasteiger charge is -2.37. The lowest BCUT2D eigenvalue weighted by molar-refractivity contribution is 0.413. The number of hydrogen-bond acceptors (Lipinski definition) is 6. The largest absolute Gasteiger partial charge is 0.495 e. The number of rotatable bonds is 7. The molecule has 0 saturated carbocycles. The van der Waals surface area contributed by atoms with Crippen LogP contribution < -0.4 is 19.9 Å². The quantitative estimate of drug-likeness (QED) is 0.781. The standard InChI is InChI=1S/C19H27N5O/c1-3-4-10-20-19-21-11-9-18(22-19)24-14-12-23(13-15-24)16-7-5-6-8-17(16)25-2/h5-9,11H,3-4,10,12-15H2,1-2H3,(H,20,21,22). The number of nitrogens with one attached hydrogen (secondary N) is 1. The molecule has 0 amide bonds. The van der Waals surface area contributed by atoms with Gasteiger partial charge in [0.1, 0.15) is 11.6 Å². The minimum atomic E-state index is 0.720. The van der Waals surface area contributed by atoms with Crippen molar-refractivity contribution in [1.29, 1.82) is 0 Å². The van der Waals surface area contributed by atoms with Gasteiger partial charge in [-0.2, -0.15) is 4.98 Å². The van der Waals surface area contributed by atoms with Crippen molar-refractivity contribution in [3.63, 3.8) is 0 Å². The fourth-order valence-electron chi connectivity index (χ4n) is 3.05. The summed E-state index contributed by atoms with van der Waals surface area (Å²) in [5, 5.41) is 3.30. The van der Waals surface area contributed by atoms with Gasteiger partial charge in [0, 0.05) is 38.9 Å². The summed E-state index contributed by atoms with van der Waals surface area (Å²) in [6, 6.07) is 10.2. The van der Waals surface area contributed by atoms with Crippen LogP contribution in [0, 0.1) is 0 Å². The van der Waals surface area contributed by atoms with E-state index in [1.54, 1.807) is 7.11 Å². The van der Waals surface area contributed by atoms with Crippen LogP contribution in [0.25, 0.3) is 0 Å². The molecule has 6 nitrogen and oxygen atoms in total. The van der Waals surface area contributed by atoms with Crippen molar-refractivity contribution < 1.29 is 4.74 Å². The molecular formula is C19H27N5O. The maximum Gasteiger partial charge on any atom is 0.224 e. The number of aromatic nitrogens is 2. The number of ether oxygens (including phenoxy) is 1. The molecule has 1 saturated heterocycles. The predicted molar refractivity (Wildman–Crippen MR) is 103 cm³/mol. The topological polar surface area (TPSA) is 53.5 Å². The highest BCUT2D eigenvalue weighted by Gasteiger charge is 2.20. The molecule has 0 spiro atoms. The molecule has 1 aromatic carbocycles. The highest BCUT2D eigenvalue weighted by molar-refractivity contribution is 5.59. The van der Waals surface area contributed by atoms with E-state index in [0.717, 1.165) is 68.8 Å². The number of unbranched alkanes of at least 4 members (excludes halogenated alkanes) is 1. The van der Waals surface area contributed by atoms with Crippen LogP contribution in [0.3, 0.4) is 0 Å². The van der Waals surface area contributed by atoms with E-state index in [2.05, 4.69) is 44.1 Å². The molecule has 134 valence electrons. The van der Waals surface area contributed by atoms with Crippen molar-refractivity contribution in [3.8, 4) is 5.75 Å². The summed E-state index contributed by atoms with van der Waals surface area (Å²) in [5.41, 5.74) is 1.16. The number of methoxy groups -OCH3 is 1. The van der Waals surface area contributed by atoms with E-state index < -0.39 is 0 Å². The van der Waals surface area contributed by atoms with E-state index in [0.29, 0.717) is 0 Å². The Kier molecular flexibility index (Phi) is 5.93. The second-order valence-corrected chi connectivity index (χ2v) is 6.16. The Balaban J connectivity index is 1.61. The first kappa shape index (κ1) is 17.3. The van der Waals surface area contributed by atoms with Crippen molar-refractivity contribution in [2.75, 3.05) is 55.0 Å². The average Bonchev–Trinajstić information content (AvgIpc) is 2.68. The minimum absolute atomic E-state index is 0.720. The van der Waals surface area contributed by atoms with E-state index in [9.17, 15) is 0 Å². The Hall–Kier alpha value is -2.50. The highest BCUT2D eigenvalue weighted by atomic mass is 16.5. The molecule has 2 aromatic rings. The van der Waals surface area contributed by atoms with Crippen LogP contribution in [-0.2, 0) is 0 Å². The lowest BCUT2D eigenvalue weighted by atomic mass is 10.2. The van der Waals surface area contributed by atoms with E-state index in [1.165, 1.54) is 0 Å². The van der Waals surface area contributed by atoms with Gasteiger partial charge >= 0.3 is 0 Å². The van der Waals surface area contributed by atoms with Crippen LogP contribution in [0.1, 0.15) is 19.8 Å². The fraction of sp³-hybridized carbons (Fsp3) is 0.474. The molecule has 0 atom stereocenters. The third kappa shape index (κ3) is 4.32. The normalized spacial score (nSPS) is 14.5. The molecule has 0 bridgehead atoms. The predicted octanol–water partition coefficient (Wildman–Crippen LogP) is 3.02. The zero-order valence-corrected chi connectivity index (χ0v) is 15.1. The van der Waals surface area contributed by atoms with Gasteiger partial charge < -0.3 is 19.9 Å². The third-order valence-electron chi connectivity index (χ3n) is 4.48. The van der Waals surface area contributed by atoms with Gasteiger partial charge in [0.2, 0.25) is 5.95 Å². The number of benzene rings is 1. The van der Waals surface area contributed by atoms with Crippen LogP contribution >= 0.6 is 0 Å². The molecule has 3 rings (SSSR count). The first-order chi connectivity index (χ1) is 12.3. The van der Waals surface area contributed by atoms with Gasteiger partial charge in [-0.25, -0.2) is 4.98 Å². The van der Waals surface area contributed by atoms with E-state index in [4.69, 9.17) is 4.74 Å². The van der Waals surface area contributed by atoms with Crippen molar-refractivity contribution >= 4 is 17.5 Å². The molecule has 0 radical (unpaired) electrons. The Morgan fingerprint density at radius 1 is 1.08 bits per heavy atom. The van der Waals surface area contributed by atoms with Crippen molar-refractivity contribution in [1.82, 2.24) is 9.97 Å². The van der Waals surface area contributed by atoms with Gasteiger partial charge in [-0.3, -0.25) is 0 Å². The van der Waals surface area contributed by atoms with Gasteiger partial charge in [-0.15, -0.1) is 0 Å². The number of para-hydroxylation sites is 2. The van der Waals surface area contributed by atoms with Crippen LogP contribution in [0.4, 0.5) is 17.5 Å². The summed E-state index contributed by atoms with van der Waals surface area (Å²) in [6.07, 6.45) is 4.13. The van der Waals surface area contributed by atoms with Gasteiger partial charge in [-0.05, 0) is 24.6 Å². The fourth-order valence-corrected chi connectivity index (χ4v) is 3.05. The Morgan fingerprint density at radius 2 is 1.84 bits per heavy atom. The number of nitrogens with zero attached hydrogens (tertiary/aromatic N) is 4. The monoisotopic (exact) mass is 341 g/mol. The summed E-state index contributed by atoms with van der Waals surface area (Å²) in [5.74, 6) is 2.65. The van der Waals surface area contributed by atoms with Crippen LogP contribution in [0.5, 0.6) is 5.75 Å². The zero-order chi connectivity index (χ0) is 17.5. The molecule has 1 fully saturated rings. The first-order valence-corrected chi connectivity index (χ1v) is 9.01.